The van der Waals surface area contributed by atoms with Gasteiger partial charge in [0, 0.05) is 16.7 Å². The van der Waals surface area contributed by atoms with Crippen LogP contribution in [0.1, 0.15) is 0 Å². The number of aromatic nitrogens is 3. The molecule has 0 bridgehead atoms. The van der Waals surface area contributed by atoms with Gasteiger partial charge in [-0.15, -0.1) is 0 Å². The fourth-order valence-electron chi connectivity index (χ4n) is 6.43. The van der Waals surface area contributed by atoms with E-state index < -0.39 is 0 Å². The Labute approximate surface area is 276 Å². The molecule has 8 rings (SSSR count). The van der Waals surface area contributed by atoms with Gasteiger partial charge in [-0.1, -0.05) is 160 Å². The maximum Gasteiger partial charge on any atom is 0.164 e. The van der Waals surface area contributed by atoms with E-state index in [9.17, 15) is 0 Å². The third-order valence-electron chi connectivity index (χ3n) is 8.71. The summed E-state index contributed by atoms with van der Waals surface area (Å²) in [6.45, 7) is 4.61. The summed E-state index contributed by atoms with van der Waals surface area (Å²) in [7, 11) is -0.149. The van der Waals surface area contributed by atoms with Crippen LogP contribution in [-0.4, -0.2) is 28.3 Å². The van der Waals surface area contributed by atoms with Crippen molar-refractivity contribution in [1.82, 2.24) is 15.0 Å². The van der Waals surface area contributed by atoms with Crippen molar-refractivity contribution < 1.29 is 0 Å². The molecule has 0 aliphatic heterocycles. The van der Waals surface area contributed by atoms with E-state index in [0.29, 0.717) is 17.5 Å². The second-order valence-electron chi connectivity index (χ2n) is 11.9. The van der Waals surface area contributed by atoms with Crippen LogP contribution in [0.5, 0.6) is 0 Å². The van der Waals surface area contributed by atoms with E-state index in [0.717, 1.165) is 22.3 Å². The summed E-state index contributed by atoms with van der Waals surface area (Å²) in [4.78, 5) is 14.9. The van der Waals surface area contributed by atoms with E-state index in [1.54, 1.807) is 0 Å². The molecule has 3 nitrogen and oxygen atoms in total. The lowest BCUT2D eigenvalue weighted by molar-refractivity contribution is 1.07. The van der Waals surface area contributed by atoms with E-state index in [4.69, 9.17) is 15.0 Å². The number of hydrogen-bond donors (Lipinski definition) is 0. The van der Waals surface area contributed by atoms with Gasteiger partial charge in [0.25, 0.3) is 0 Å². The molecule has 0 saturated carbocycles. The molecule has 0 spiro atoms. The molecule has 4 heteroatoms. The Bertz CT molecular complexity index is 2250. The zero-order valence-electron chi connectivity index (χ0n) is 26.3. The quantitative estimate of drug-likeness (QED) is 0.137. The van der Waals surface area contributed by atoms with Gasteiger partial charge in [0.2, 0.25) is 0 Å². The fourth-order valence-corrected chi connectivity index (χ4v) is 7.17. The Hall–Kier alpha value is -5.50. The third kappa shape index (κ3) is 5.50. The normalized spacial score (nSPS) is 11.4. The Morgan fingerprint density at radius 1 is 0.340 bits per heavy atom. The molecule has 0 N–H and O–H groups in total. The average Bonchev–Trinajstić information content (AvgIpc) is 3.14. The van der Waals surface area contributed by atoms with Crippen molar-refractivity contribution in [2.75, 3.05) is 13.3 Å². The summed E-state index contributed by atoms with van der Waals surface area (Å²) in [6, 6.07) is 55.7. The maximum atomic E-state index is 5.01. The first-order chi connectivity index (χ1) is 23.1. The molecule has 0 saturated heterocycles. The highest BCUT2D eigenvalue weighted by atomic mass is 31.1. The lowest BCUT2D eigenvalue weighted by Crippen LogP contribution is -2.00. The number of hydrogen-bond acceptors (Lipinski definition) is 3. The van der Waals surface area contributed by atoms with Crippen LogP contribution in [0.3, 0.4) is 0 Å². The van der Waals surface area contributed by atoms with Crippen molar-refractivity contribution in [2.45, 2.75) is 0 Å². The van der Waals surface area contributed by atoms with Crippen molar-refractivity contribution in [3.8, 4) is 56.4 Å². The molecule has 1 heterocycles. The van der Waals surface area contributed by atoms with Crippen LogP contribution in [0.25, 0.3) is 78.0 Å². The van der Waals surface area contributed by atoms with Gasteiger partial charge in [0.15, 0.2) is 17.5 Å². The zero-order valence-corrected chi connectivity index (χ0v) is 27.2. The molecule has 0 aliphatic rings. The van der Waals surface area contributed by atoms with Gasteiger partial charge in [-0.3, -0.25) is 0 Å². The first kappa shape index (κ1) is 28.9. The number of nitrogens with zero attached hydrogens (tertiary/aromatic N) is 3. The summed E-state index contributed by atoms with van der Waals surface area (Å²) in [6.07, 6.45) is 0. The van der Waals surface area contributed by atoms with Gasteiger partial charge in [-0.25, -0.2) is 15.0 Å². The smallest absolute Gasteiger partial charge is 0.164 e. The van der Waals surface area contributed by atoms with E-state index in [2.05, 4.69) is 110 Å². The Kier molecular flexibility index (Phi) is 7.61. The average molecular weight is 622 g/mol. The molecule has 0 unspecified atom stereocenters. The molecule has 8 aromatic rings. The van der Waals surface area contributed by atoms with Crippen molar-refractivity contribution in [3.05, 3.63) is 158 Å². The molecule has 0 atom stereocenters. The van der Waals surface area contributed by atoms with E-state index >= 15 is 0 Å². The zero-order chi connectivity index (χ0) is 31.7. The van der Waals surface area contributed by atoms with Crippen LogP contribution in [0.2, 0.25) is 0 Å². The van der Waals surface area contributed by atoms with Crippen molar-refractivity contribution in [3.63, 3.8) is 0 Å². The Morgan fingerprint density at radius 2 is 0.723 bits per heavy atom. The minimum Gasteiger partial charge on any atom is -0.208 e. The predicted molar refractivity (Wildman–Crippen MR) is 200 cm³/mol. The van der Waals surface area contributed by atoms with Gasteiger partial charge < -0.3 is 0 Å². The lowest BCUT2D eigenvalue weighted by atomic mass is 9.85. The van der Waals surface area contributed by atoms with Gasteiger partial charge in [-0.05, 0) is 68.5 Å². The predicted octanol–water partition coefficient (Wildman–Crippen LogP) is 10.9. The topological polar surface area (TPSA) is 38.7 Å². The van der Waals surface area contributed by atoms with Gasteiger partial charge >= 0.3 is 0 Å². The van der Waals surface area contributed by atoms with Gasteiger partial charge in [0.1, 0.15) is 0 Å². The highest BCUT2D eigenvalue weighted by molar-refractivity contribution is 7.64. The molecule has 0 radical (unpaired) electrons. The van der Waals surface area contributed by atoms with Crippen LogP contribution in [0, 0.1) is 0 Å². The second-order valence-corrected chi connectivity index (χ2v) is 14.2. The molecule has 0 amide bonds. The lowest BCUT2D eigenvalue weighted by Gasteiger charge is -2.18. The van der Waals surface area contributed by atoms with Crippen molar-refractivity contribution in [2.24, 2.45) is 0 Å². The van der Waals surface area contributed by atoms with Crippen LogP contribution in [0.4, 0.5) is 0 Å². The summed E-state index contributed by atoms with van der Waals surface area (Å²) in [5, 5.41) is 6.34. The van der Waals surface area contributed by atoms with Gasteiger partial charge in [0.05, 0.1) is 0 Å². The van der Waals surface area contributed by atoms with Crippen LogP contribution < -0.4 is 5.30 Å². The van der Waals surface area contributed by atoms with Crippen molar-refractivity contribution >= 4 is 34.8 Å². The summed E-state index contributed by atoms with van der Waals surface area (Å²) in [5.41, 5.74) is 7.72. The molecular formula is C43H32N3P. The van der Waals surface area contributed by atoms with Crippen LogP contribution in [-0.2, 0) is 0 Å². The standard InChI is InChI=1S/C43H32N3P/c1-47(2)34-26-24-29(25-27-34)39-35-20-9-11-22-37(35)40(38-23-12-10-21-36(38)39)32-18-13-19-33(28-32)43-45-41(30-14-5-3-6-15-30)44-42(46-43)31-16-7-4-8-17-31/h3-28H,1-2H3. The highest BCUT2D eigenvalue weighted by Crippen LogP contribution is 2.44. The maximum absolute atomic E-state index is 5.01. The summed E-state index contributed by atoms with van der Waals surface area (Å²) >= 11 is 0. The first-order valence-corrected chi connectivity index (χ1v) is 18.1. The monoisotopic (exact) mass is 621 g/mol. The Balaban J connectivity index is 1.34. The summed E-state index contributed by atoms with van der Waals surface area (Å²) in [5.74, 6) is 1.96. The first-order valence-electron chi connectivity index (χ1n) is 15.8. The molecule has 7 aromatic carbocycles. The molecule has 1 aromatic heterocycles. The fraction of sp³-hybridized carbons (Fsp3) is 0.0465. The van der Waals surface area contributed by atoms with E-state index in [1.807, 2.05) is 60.7 Å². The molecular weight excluding hydrogens is 589 g/mol. The SMILES string of the molecule is CP(C)c1ccc(-c2c3ccccc3c(-c3cccc(-c4nc(-c5ccccc5)nc(-c5ccccc5)n4)c3)c3ccccc23)cc1. The van der Waals surface area contributed by atoms with E-state index in [1.165, 1.54) is 43.5 Å². The molecule has 0 aliphatic carbocycles. The second kappa shape index (κ2) is 12.4. The number of rotatable bonds is 6. The van der Waals surface area contributed by atoms with Gasteiger partial charge in [-0.2, -0.15) is 0 Å². The highest BCUT2D eigenvalue weighted by Gasteiger charge is 2.18. The molecule has 0 fully saturated rings. The van der Waals surface area contributed by atoms with E-state index in [-0.39, 0.29) is 7.92 Å². The minimum absolute atomic E-state index is 0.149. The summed E-state index contributed by atoms with van der Waals surface area (Å²) < 4.78 is 0. The van der Waals surface area contributed by atoms with Crippen LogP contribution in [0.15, 0.2) is 158 Å². The van der Waals surface area contributed by atoms with Crippen molar-refractivity contribution in [1.29, 1.82) is 0 Å². The molecule has 224 valence electrons. The number of benzene rings is 7. The van der Waals surface area contributed by atoms with Crippen LogP contribution >= 0.6 is 7.92 Å². The minimum atomic E-state index is -0.149. The largest absolute Gasteiger partial charge is 0.208 e. The number of fused-ring (bicyclic) bond motifs is 2. The third-order valence-corrected chi connectivity index (χ3v) is 10.0. The molecule has 47 heavy (non-hydrogen) atoms. The Morgan fingerprint density at radius 3 is 1.19 bits per heavy atom.